The Bertz CT molecular complexity index is 1350. The van der Waals surface area contributed by atoms with Crippen molar-refractivity contribution in [1.29, 1.82) is 0 Å². The van der Waals surface area contributed by atoms with Crippen molar-refractivity contribution in [3.05, 3.63) is 77.5 Å². The van der Waals surface area contributed by atoms with E-state index in [0.29, 0.717) is 24.3 Å². The zero-order chi connectivity index (χ0) is 24.3. The third-order valence-corrected chi connectivity index (χ3v) is 5.49. The van der Waals surface area contributed by atoms with Crippen LogP contribution in [-0.4, -0.2) is 25.2 Å². The van der Waals surface area contributed by atoms with Gasteiger partial charge < -0.3 is 10.6 Å². The Hall–Kier alpha value is -4.00. The van der Waals surface area contributed by atoms with Crippen molar-refractivity contribution in [1.82, 2.24) is 4.98 Å². The van der Waals surface area contributed by atoms with Gasteiger partial charge in [-0.2, -0.15) is 0 Å². The molecular formula is C20H14F4N4O4S. The summed E-state index contributed by atoms with van der Waals surface area (Å²) >= 11 is 0. The second-order valence-electron chi connectivity index (χ2n) is 6.53. The van der Waals surface area contributed by atoms with Crippen LogP contribution in [0.25, 0.3) is 0 Å². The number of hydrogen-bond donors (Lipinski definition) is 3. The molecule has 0 atom stereocenters. The predicted octanol–water partition coefficient (Wildman–Crippen LogP) is 3.65. The van der Waals surface area contributed by atoms with Crippen LogP contribution in [-0.2, 0) is 14.8 Å². The van der Waals surface area contributed by atoms with Crippen molar-refractivity contribution < 1.29 is 35.6 Å². The quantitative estimate of drug-likeness (QED) is 0.464. The number of pyridine rings is 1. The van der Waals surface area contributed by atoms with E-state index in [-0.39, 0.29) is 11.4 Å². The van der Waals surface area contributed by atoms with Gasteiger partial charge in [-0.25, -0.2) is 31.0 Å². The van der Waals surface area contributed by atoms with E-state index in [9.17, 15) is 35.6 Å². The zero-order valence-electron chi connectivity index (χ0n) is 16.6. The lowest BCUT2D eigenvalue weighted by Crippen LogP contribution is -2.18. The number of amides is 2. The summed E-state index contributed by atoms with van der Waals surface area (Å²) in [5, 5.41) is 4.34. The number of benzene rings is 2. The molecule has 2 amide bonds. The maximum atomic E-state index is 14.8. The highest BCUT2D eigenvalue weighted by molar-refractivity contribution is 7.92. The minimum Gasteiger partial charge on any atom is -0.317 e. The van der Waals surface area contributed by atoms with Crippen molar-refractivity contribution in [2.75, 3.05) is 15.4 Å². The lowest BCUT2D eigenvalue weighted by molar-refractivity contribution is -0.114. The fourth-order valence-electron chi connectivity index (χ4n) is 2.61. The van der Waals surface area contributed by atoms with Gasteiger partial charge in [0.1, 0.15) is 33.9 Å². The first kappa shape index (κ1) is 23.7. The third-order valence-electron chi connectivity index (χ3n) is 4.09. The van der Waals surface area contributed by atoms with Gasteiger partial charge in [-0.1, -0.05) is 0 Å². The smallest absolute Gasteiger partial charge is 0.264 e. The van der Waals surface area contributed by atoms with Gasteiger partial charge in [-0.05, 0) is 36.4 Å². The largest absolute Gasteiger partial charge is 0.317 e. The number of aromatic nitrogens is 1. The molecule has 3 aromatic rings. The maximum absolute atomic E-state index is 14.8. The Morgan fingerprint density at radius 3 is 2.24 bits per heavy atom. The third kappa shape index (κ3) is 5.44. The Morgan fingerprint density at radius 1 is 0.909 bits per heavy atom. The Balaban J connectivity index is 1.86. The normalized spacial score (nSPS) is 11.1. The molecule has 33 heavy (non-hydrogen) atoms. The number of nitrogens with one attached hydrogen (secondary N) is 3. The van der Waals surface area contributed by atoms with Crippen molar-refractivity contribution >= 4 is 39.0 Å². The summed E-state index contributed by atoms with van der Waals surface area (Å²) in [6.07, 6.45) is 1.04. The predicted molar refractivity (Wildman–Crippen MR) is 110 cm³/mol. The summed E-state index contributed by atoms with van der Waals surface area (Å²) in [7, 11) is -4.72. The number of carbonyl (C=O) groups excluding carboxylic acids is 2. The molecule has 0 saturated carbocycles. The summed E-state index contributed by atoms with van der Waals surface area (Å²) < 4.78 is 82.4. The number of hydrogen-bond acceptors (Lipinski definition) is 5. The number of rotatable bonds is 6. The minimum absolute atomic E-state index is 0.123. The average Bonchev–Trinajstić information content (AvgIpc) is 2.73. The molecule has 172 valence electrons. The standard InChI is InChI=1S/C20H14F4N4O4S/c1-10(29)26-17-7-2-11(9-25-17)20(30)27-19-13(22)4-5-15(18(19)24)28-33(31,32)16-6-3-12(21)8-14(16)23/h2-9,28H,1H3,(H,27,30)(H,25,26,29). The number of nitrogens with zero attached hydrogens (tertiary/aromatic N) is 1. The first-order chi connectivity index (χ1) is 15.5. The summed E-state index contributed by atoms with van der Waals surface area (Å²) in [6, 6.07) is 5.56. The maximum Gasteiger partial charge on any atom is 0.264 e. The number of sulfonamides is 1. The number of halogens is 4. The molecule has 3 N–H and O–H groups in total. The van der Waals surface area contributed by atoms with Crippen LogP contribution in [0.3, 0.4) is 0 Å². The lowest BCUT2D eigenvalue weighted by Gasteiger charge is -2.13. The molecule has 2 aromatic carbocycles. The van der Waals surface area contributed by atoms with E-state index in [1.807, 2.05) is 5.32 Å². The zero-order valence-corrected chi connectivity index (χ0v) is 17.4. The van der Waals surface area contributed by atoms with E-state index in [1.54, 1.807) is 4.72 Å². The minimum atomic E-state index is -4.72. The Morgan fingerprint density at radius 2 is 1.64 bits per heavy atom. The van der Waals surface area contributed by atoms with Gasteiger partial charge in [0, 0.05) is 19.2 Å². The first-order valence-corrected chi connectivity index (χ1v) is 10.5. The first-order valence-electron chi connectivity index (χ1n) is 8.99. The van der Waals surface area contributed by atoms with Crippen LogP contribution in [0.15, 0.2) is 53.6 Å². The lowest BCUT2D eigenvalue weighted by atomic mass is 10.2. The molecule has 0 unspecified atom stereocenters. The second kappa shape index (κ2) is 9.24. The van der Waals surface area contributed by atoms with Gasteiger partial charge in [-0.15, -0.1) is 0 Å². The second-order valence-corrected chi connectivity index (χ2v) is 8.18. The van der Waals surface area contributed by atoms with Gasteiger partial charge in [0.25, 0.3) is 15.9 Å². The van der Waals surface area contributed by atoms with Crippen molar-refractivity contribution in [3.63, 3.8) is 0 Å². The molecule has 0 aliphatic carbocycles. The average molecular weight is 482 g/mol. The van der Waals surface area contributed by atoms with E-state index >= 15 is 0 Å². The molecule has 8 nitrogen and oxygen atoms in total. The molecular weight excluding hydrogens is 468 g/mol. The Kier molecular flexibility index (Phi) is 6.62. The van der Waals surface area contributed by atoms with Gasteiger partial charge in [-0.3, -0.25) is 14.3 Å². The molecule has 0 aliphatic rings. The van der Waals surface area contributed by atoms with Crippen LogP contribution in [0.5, 0.6) is 0 Å². The summed E-state index contributed by atoms with van der Waals surface area (Å²) in [4.78, 5) is 26.2. The fourth-order valence-corrected chi connectivity index (χ4v) is 3.73. The van der Waals surface area contributed by atoms with E-state index in [4.69, 9.17) is 0 Å². The highest BCUT2D eigenvalue weighted by Crippen LogP contribution is 2.29. The van der Waals surface area contributed by atoms with Crippen LogP contribution < -0.4 is 15.4 Å². The molecule has 3 rings (SSSR count). The van der Waals surface area contributed by atoms with E-state index < -0.39 is 61.4 Å². The molecule has 0 aliphatic heterocycles. The van der Waals surface area contributed by atoms with Crippen molar-refractivity contribution in [3.8, 4) is 0 Å². The summed E-state index contributed by atoms with van der Waals surface area (Å²) in [5.41, 5.74) is -1.90. The fraction of sp³-hybridized carbons (Fsp3) is 0.0500. The monoisotopic (exact) mass is 482 g/mol. The number of carbonyl (C=O) groups is 2. The molecule has 0 spiro atoms. The van der Waals surface area contributed by atoms with Crippen LogP contribution in [0.4, 0.5) is 34.8 Å². The molecule has 1 heterocycles. The molecule has 0 radical (unpaired) electrons. The van der Waals surface area contributed by atoms with Crippen LogP contribution >= 0.6 is 0 Å². The molecule has 13 heteroatoms. The van der Waals surface area contributed by atoms with Crippen molar-refractivity contribution in [2.45, 2.75) is 11.8 Å². The van der Waals surface area contributed by atoms with Gasteiger partial charge in [0.05, 0.1) is 11.3 Å². The molecule has 0 saturated heterocycles. The van der Waals surface area contributed by atoms with E-state index in [2.05, 4.69) is 10.3 Å². The topological polar surface area (TPSA) is 117 Å². The number of anilines is 3. The van der Waals surface area contributed by atoms with Gasteiger partial charge >= 0.3 is 0 Å². The van der Waals surface area contributed by atoms with Crippen LogP contribution in [0, 0.1) is 23.3 Å². The SMILES string of the molecule is CC(=O)Nc1ccc(C(=O)Nc2c(F)ccc(NS(=O)(=O)c3ccc(F)cc3F)c2F)cn1. The Labute approximate surface area is 184 Å². The molecule has 1 aromatic heterocycles. The van der Waals surface area contributed by atoms with E-state index in [0.717, 1.165) is 12.3 Å². The molecule has 0 fully saturated rings. The highest BCUT2D eigenvalue weighted by atomic mass is 32.2. The van der Waals surface area contributed by atoms with Gasteiger partial charge in [0.15, 0.2) is 5.82 Å². The van der Waals surface area contributed by atoms with Crippen molar-refractivity contribution in [2.24, 2.45) is 0 Å². The summed E-state index contributed by atoms with van der Waals surface area (Å²) in [5.74, 6) is -6.40. The van der Waals surface area contributed by atoms with Crippen LogP contribution in [0.1, 0.15) is 17.3 Å². The van der Waals surface area contributed by atoms with Crippen LogP contribution in [0.2, 0.25) is 0 Å². The summed E-state index contributed by atoms with van der Waals surface area (Å²) in [6.45, 7) is 1.25. The molecule has 0 bridgehead atoms. The van der Waals surface area contributed by atoms with Gasteiger partial charge in [0.2, 0.25) is 5.91 Å². The highest BCUT2D eigenvalue weighted by Gasteiger charge is 2.24. The van der Waals surface area contributed by atoms with E-state index in [1.165, 1.54) is 19.1 Å².